The lowest BCUT2D eigenvalue weighted by Gasteiger charge is -2.19. The van der Waals surface area contributed by atoms with Gasteiger partial charge in [-0.25, -0.2) is 0 Å². The molecule has 0 radical (unpaired) electrons. The van der Waals surface area contributed by atoms with Crippen LogP contribution in [0.5, 0.6) is 0 Å². The van der Waals surface area contributed by atoms with Crippen molar-refractivity contribution >= 4 is 0 Å². The Morgan fingerprint density at radius 1 is 1.21 bits per heavy atom. The Balaban J connectivity index is 3.51. The van der Waals surface area contributed by atoms with E-state index in [0.29, 0.717) is 6.04 Å². The van der Waals surface area contributed by atoms with E-state index in [1.165, 1.54) is 19.3 Å². The summed E-state index contributed by atoms with van der Waals surface area (Å²) in [6.07, 6.45) is 3.70. The predicted octanol–water partition coefficient (Wildman–Crippen LogP) is 2.83. The highest BCUT2D eigenvalue weighted by Gasteiger charge is 2.08. The fourth-order valence-corrected chi connectivity index (χ4v) is 1.74. The molecule has 1 atom stereocenters. The van der Waals surface area contributed by atoms with E-state index in [9.17, 15) is 0 Å². The zero-order valence-electron chi connectivity index (χ0n) is 10.3. The van der Waals surface area contributed by atoms with E-state index in [1.54, 1.807) is 0 Å². The van der Waals surface area contributed by atoms with E-state index < -0.39 is 0 Å². The van der Waals surface area contributed by atoms with Gasteiger partial charge in [-0.2, -0.15) is 0 Å². The molecule has 0 heterocycles. The maximum Gasteiger partial charge on any atom is 0.0466 e. The normalized spacial score (nSPS) is 13.5. The second-order valence-corrected chi connectivity index (χ2v) is 4.22. The second kappa shape index (κ2) is 9.47. The highest BCUT2D eigenvalue weighted by atomic mass is 16.5. The third kappa shape index (κ3) is 8.52. The summed E-state index contributed by atoms with van der Waals surface area (Å²) < 4.78 is 5.34. The van der Waals surface area contributed by atoms with Crippen molar-refractivity contribution in [3.63, 3.8) is 0 Å². The molecule has 1 unspecified atom stereocenters. The van der Waals surface area contributed by atoms with Crippen LogP contribution in [0.1, 0.15) is 47.0 Å². The Labute approximate surface area is 89.4 Å². The largest absolute Gasteiger partial charge is 0.382 e. The minimum atomic E-state index is 0.681. The van der Waals surface area contributed by atoms with Crippen molar-refractivity contribution in [1.82, 2.24) is 5.32 Å². The van der Waals surface area contributed by atoms with E-state index in [4.69, 9.17) is 4.74 Å². The van der Waals surface area contributed by atoms with E-state index in [0.717, 1.165) is 25.7 Å². The van der Waals surface area contributed by atoms with Gasteiger partial charge < -0.3 is 10.1 Å². The molecule has 1 N–H and O–H groups in total. The number of nitrogens with one attached hydrogen (secondary N) is 1. The smallest absolute Gasteiger partial charge is 0.0466 e. The fourth-order valence-electron chi connectivity index (χ4n) is 1.74. The minimum absolute atomic E-state index is 0.681. The number of rotatable bonds is 9. The van der Waals surface area contributed by atoms with Crippen LogP contribution in [0, 0.1) is 5.92 Å². The molecular weight excluding hydrogens is 174 g/mol. The third-order valence-electron chi connectivity index (χ3n) is 2.29. The molecule has 0 saturated carbocycles. The van der Waals surface area contributed by atoms with Gasteiger partial charge in [-0.05, 0) is 38.6 Å². The summed E-state index contributed by atoms with van der Waals surface area (Å²) in [6.45, 7) is 11.6. The van der Waals surface area contributed by atoms with Crippen LogP contribution in [0.2, 0.25) is 0 Å². The quantitative estimate of drug-likeness (QED) is 0.579. The zero-order chi connectivity index (χ0) is 10.8. The molecule has 0 aliphatic rings. The van der Waals surface area contributed by atoms with Crippen molar-refractivity contribution in [2.45, 2.75) is 53.0 Å². The first-order valence-corrected chi connectivity index (χ1v) is 6.01. The summed E-state index contributed by atoms with van der Waals surface area (Å²) in [4.78, 5) is 0. The Morgan fingerprint density at radius 3 is 2.43 bits per heavy atom. The van der Waals surface area contributed by atoms with Gasteiger partial charge in [-0.3, -0.25) is 0 Å². The predicted molar refractivity (Wildman–Crippen MR) is 62.6 cm³/mol. The lowest BCUT2D eigenvalue weighted by molar-refractivity contribution is 0.140. The van der Waals surface area contributed by atoms with Gasteiger partial charge >= 0.3 is 0 Å². The van der Waals surface area contributed by atoms with Crippen LogP contribution < -0.4 is 5.32 Å². The van der Waals surface area contributed by atoms with Crippen LogP contribution in [-0.4, -0.2) is 25.8 Å². The van der Waals surface area contributed by atoms with Gasteiger partial charge in [-0.1, -0.05) is 20.8 Å². The molecular formula is C12H27NO. The standard InChI is InChI=1S/C12H27NO/c1-5-13-12(10-11(3)4)8-7-9-14-6-2/h11-13H,5-10H2,1-4H3. The molecule has 86 valence electrons. The molecule has 0 spiro atoms. The van der Waals surface area contributed by atoms with E-state index in [1.807, 2.05) is 0 Å². The van der Waals surface area contributed by atoms with Gasteiger partial charge in [0.2, 0.25) is 0 Å². The van der Waals surface area contributed by atoms with Crippen LogP contribution in [-0.2, 0) is 4.74 Å². The maximum absolute atomic E-state index is 5.34. The van der Waals surface area contributed by atoms with E-state index in [2.05, 4.69) is 33.0 Å². The lowest BCUT2D eigenvalue weighted by atomic mass is 10.00. The van der Waals surface area contributed by atoms with Gasteiger partial charge in [0.25, 0.3) is 0 Å². The Kier molecular flexibility index (Phi) is 9.42. The molecule has 0 aromatic heterocycles. The number of ether oxygens (including phenoxy) is 1. The number of hydrogen-bond donors (Lipinski definition) is 1. The summed E-state index contributed by atoms with van der Waals surface area (Å²) in [7, 11) is 0. The Morgan fingerprint density at radius 2 is 1.93 bits per heavy atom. The minimum Gasteiger partial charge on any atom is -0.382 e. The molecule has 0 saturated heterocycles. The topological polar surface area (TPSA) is 21.3 Å². The van der Waals surface area contributed by atoms with Crippen LogP contribution in [0.15, 0.2) is 0 Å². The molecule has 0 bridgehead atoms. The van der Waals surface area contributed by atoms with Crippen molar-refractivity contribution < 1.29 is 4.74 Å². The summed E-state index contributed by atoms with van der Waals surface area (Å²) in [6, 6.07) is 0.681. The van der Waals surface area contributed by atoms with Crippen molar-refractivity contribution in [3.05, 3.63) is 0 Å². The van der Waals surface area contributed by atoms with Gasteiger partial charge in [0.1, 0.15) is 0 Å². The third-order valence-corrected chi connectivity index (χ3v) is 2.29. The van der Waals surface area contributed by atoms with Gasteiger partial charge in [-0.15, -0.1) is 0 Å². The van der Waals surface area contributed by atoms with Crippen molar-refractivity contribution in [3.8, 4) is 0 Å². The number of hydrogen-bond acceptors (Lipinski definition) is 2. The monoisotopic (exact) mass is 201 g/mol. The van der Waals surface area contributed by atoms with Gasteiger partial charge in [0, 0.05) is 19.3 Å². The zero-order valence-corrected chi connectivity index (χ0v) is 10.3. The van der Waals surface area contributed by atoms with Crippen molar-refractivity contribution in [2.75, 3.05) is 19.8 Å². The molecule has 0 aliphatic carbocycles. The Bertz CT molecular complexity index is 115. The molecule has 0 fully saturated rings. The summed E-state index contributed by atoms with van der Waals surface area (Å²) in [5.41, 5.74) is 0. The second-order valence-electron chi connectivity index (χ2n) is 4.22. The summed E-state index contributed by atoms with van der Waals surface area (Å²) in [5, 5.41) is 3.54. The molecule has 0 aromatic carbocycles. The molecule has 2 nitrogen and oxygen atoms in total. The molecule has 0 rings (SSSR count). The average Bonchev–Trinajstić information content (AvgIpc) is 2.12. The first kappa shape index (κ1) is 13.9. The molecule has 2 heteroatoms. The van der Waals surface area contributed by atoms with Crippen LogP contribution in [0.4, 0.5) is 0 Å². The first-order valence-electron chi connectivity index (χ1n) is 6.01. The fraction of sp³-hybridized carbons (Fsp3) is 1.00. The molecule has 0 amide bonds. The SMILES string of the molecule is CCNC(CCCOCC)CC(C)C. The van der Waals surface area contributed by atoms with E-state index >= 15 is 0 Å². The van der Waals surface area contributed by atoms with E-state index in [-0.39, 0.29) is 0 Å². The molecule has 0 aliphatic heterocycles. The summed E-state index contributed by atoms with van der Waals surface area (Å²) >= 11 is 0. The van der Waals surface area contributed by atoms with Crippen LogP contribution >= 0.6 is 0 Å². The first-order chi connectivity index (χ1) is 6.70. The molecule has 14 heavy (non-hydrogen) atoms. The van der Waals surface area contributed by atoms with Gasteiger partial charge in [0.15, 0.2) is 0 Å². The average molecular weight is 201 g/mol. The lowest BCUT2D eigenvalue weighted by Crippen LogP contribution is -2.30. The van der Waals surface area contributed by atoms with Crippen LogP contribution in [0.3, 0.4) is 0 Å². The van der Waals surface area contributed by atoms with Gasteiger partial charge in [0.05, 0.1) is 0 Å². The highest BCUT2D eigenvalue weighted by molar-refractivity contribution is 4.67. The van der Waals surface area contributed by atoms with Crippen molar-refractivity contribution in [2.24, 2.45) is 5.92 Å². The Hall–Kier alpha value is -0.0800. The molecule has 0 aromatic rings. The highest BCUT2D eigenvalue weighted by Crippen LogP contribution is 2.09. The maximum atomic E-state index is 5.34. The summed E-state index contributed by atoms with van der Waals surface area (Å²) in [5.74, 6) is 0.783. The van der Waals surface area contributed by atoms with Crippen LogP contribution in [0.25, 0.3) is 0 Å². The van der Waals surface area contributed by atoms with Crippen molar-refractivity contribution in [1.29, 1.82) is 0 Å².